The van der Waals surface area contributed by atoms with Crippen LogP contribution >= 0.6 is 11.6 Å². The number of nitrogens with one attached hydrogen (secondary N) is 1. The molecule has 3 aromatic carbocycles. The number of piperidine rings is 3. The van der Waals surface area contributed by atoms with E-state index in [1.807, 2.05) is 24.3 Å². The molecular weight excluding hydrogens is 476 g/mol. The predicted octanol–water partition coefficient (Wildman–Crippen LogP) is 3.73. The monoisotopic (exact) mass is 504 g/mol. The maximum Gasteiger partial charge on any atom is 0.304 e. The highest BCUT2D eigenvalue weighted by Gasteiger charge is 2.49. The van der Waals surface area contributed by atoms with E-state index in [0.717, 1.165) is 25.9 Å². The highest BCUT2D eigenvalue weighted by molar-refractivity contribution is 6.33. The van der Waals surface area contributed by atoms with Gasteiger partial charge in [0.2, 0.25) is 0 Å². The van der Waals surface area contributed by atoms with Gasteiger partial charge in [0.15, 0.2) is 12.6 Å². The number of quaternary nitrogens is 1. The third kappa shape index (κ3) is 4.76. The Morgan fingerprint density at radius 3 is 2.06 bits per heavy atom. The molecule has 1 amide bonds. The Morgan fingerprint density at radius 1 is 0.917 bits per heavy atom. The third-order valence-corrected chi connectivity index (χ3v) is 7.90. The zero-order valence-electron chi connectivity index (χ0n) is 19.9. The summed E-state index contributed by atoms with van der Waals surface area (Å²) in [4.78, 5) is 26.5. The van der Waals surface area contributed by atoms with Gasteiger partial charge in [-0.1, -0.05) is 84.4 Å². The van der Waals surface area contributed by atoms with Crippen molar-refractivity contribution < 1.29 is 23.9 Å². The van der Waals surface area contributed by atoms with Crippen LogP contribution < -0.4 is 10.4 Å². The third-order valence-electron chi connectivity index (χ3n) is 7.57. The van der Waals surface area contributed by atoms with Crippen molar-refractivity contribution in [2.75, 3.05) is 31.5 Å². The fourth-order valence-electron chi connectivity index (χ4n) is 5.60. The number of amides is 1. The second kappa shape index (κ2) is 10.1. The number of nitrogens with zero attached hydrogens (tertiary/aromatic N) is 1. The molecule has 3 aromatic rings. The number of fused-ring (bicyclic) bond motifs is 3. The predicted molar refractivity (Wildman–Crippen MR) is 136 cm³/mol. The standard InChI is InChI=1S/C29H29ClN2O4/c30-24-13-7-8-14-25(24)31-27(33)20-32-17-15-21(16-18-32)26(19-32)36-28(34)29(35,22-9-3-1-4-10-22)23-11-5-2-6-12-23/h1-14,21,26H,15-20H2,(H,31,33). The summed E-state index contributed by atoms with van der Waals surface area (Å²) in [5.41, 5.74) is -0.879. The lowest BCUT2D eigenvalue weighted by molar-refractivity contribution is -0.939. The Bertz CT molecular complexity index is 1190. The fraction of sp³-hybridized carbons (Fsp3) is 0.310. The van der Waals surface area contributed by atoms with Crippen molar-refractivity contribution in [1.82, 2.24) is 0 Å². The summed E-state index contributed by atoms with van der Waals surface area (Å²) < 4.78 is 6.56. The van der Waals surface area contributed by atoms with Crippen LogP contribution in [0.1, 0.15) is 24.0 Å². The Labute approximate surface area is 216 Å². The maximum atomic E-state index is 14.2. The van der Waals surface area contributed by atoms with Crippen LogP contribution in [0.15, 0.2) is 84.9 Å². The van der Waals surface area contributed by atoms with E-state index in [4.69, 9.17) is 16.3 Å². The number of carbonyl (C=O) groups is 2. The molecule has 36 heavy (non-hydrogen) atoms. The number of halogens is 1. The van der Waals surface area contributed by atoms with Crippen molar-refractivity contribution in [1.29, 1.82) is 0 Å². The van der Waals surface area contributed by atoms with E-state index >= 15 is 0 Å². The SMILES string of the molecule is O=C(C[N+]12CCC(CC1)C(OC(=O)C([O-])(c1ccccc1)c1ccccc1)C2)Nc1ccccc1Cl. The number of rotatable bonds is 7. The lowest BCUT2D eigenvalue weighted by Crippen LogP contribution is -2.67. The molecular formula is C29H29ClN2O4. The molecule has 2 bridgehead atoms. The number of carbonyl (C=O) groups excluding carboxylic acids is 2. The molecule has 1 atom stereocenters. The molecule has 3 saturated heterocycles. The van der Waals surface area contributed by atoms with Gasteiger partial charge in [-0.2, -0.15) is 0 Å². The van der Waals surface area contributed by atoms with E-state index in [9.17, 15) is 14.7 Å². The lowest BCUT2D eigenvalue weighted by atomic mass is 9.82. The van der Waals surface area contributed by atoms with Crippen LogP contribution in [-0.4, -0.2) is 48.6 Å². The number of hydrogen-bond donors (Lipinski definition) is 1. The van der Waals surface area contributed by atoms with E-state index in [1.165, 1.54) is 0 Å². The molecule has 3 fully saturated rings. The summed E-state index contributed by atoms with van der Waals surface area (Å²) in [7, 11) is 0. The summed E-state index contributed by atoms with van der Waals surface area (Å²) in [6, 6.07) is 24.5. The van der Waals surface area contributed by atoms with E-state index in [2.05, 4.69) is 5.32 Å². The largest absolute Gasteiger partial charge is 0.834 e. The van der Waals surface area contributed by atoms with Gasteiger partial charge in [0.1, 0.15) is 6.54 Å². The molecule has 1 unspecified atom stereocenters. The molecule has 0 radical (unpaired) electrons. The first-order valence-electron chi connectivity index (χ1n) is 12.3. The van der Waals surface area contributed by atoms with Gasteiger partial charge < -0.3 is 19.6 Å². The quantitative estimate of drug-likeness (QED) is 0.393. The number of esters is 1. The zero-order valence-corrected chi connectivity index (χ0v) is 20.7. The van der Waals surface area contributed by atoms with Gasteiger partial charge in [-0.05, 0) is 23.3 Å². The van der Waals surface area contributed by atoms with Gasteiger partial charge in [0.25, 0.3) is 5.91 Å². The smallest absolute Gasteiger partial charge is 0.304 e. The van der Waals surface area contributed by atoms with Crippen LogP contribution in [0.2, 0.25) is 5.02 Å². The Hall–Kier alpha value is -3.19. The molecule has 0 saturated carbocycles. The van der Waals surface area contributed by atoms with Crippen LogP contribution in [-0.2, 0) is 19.9 Å². The van der Waals surface area contributed by atoms with Crippen molar-refractivity contribution in [3.63, 3.8) is 0 Å². The molecule has 0 aliphatic carbocycles. The van der Waals surface area contributed by atoms with Crippen LogP contribution in [0.5, 0.6) is 0 Å². The van der Waals surface area contributed by atoms with Gasteiger partial charge in [0, 0.05) is 24.4 Å². The van der Waals surface area contributed by atoms with E-state index in [1.54, 1.807) is 60.7 Å². The maximum absolute atomic E-state index is 14.2. The van der Waals surface area contributed by atoms with Crippen LogP contribution in [0.4, 0.5) is 5.69 Å². The minimum atomic E-state index is -2.17. The first-order valence-corrected chi connectivity index (χ1v) is 12.7. The molecule has 186 valence electrons. The van der Waals surface area contributed by atoms with Crippen LogP contribution in [0.3, 0.4) is 0 Å². The fourth-order valence-corrected chi connectivity index (χ4v) is 5.79. The topological polar surface area (TPSA) is 78.5 Å². The molecule has 1 N–H and O–H groups in total. The Balaban J connectivity index is 1.33. The highest BCUT2D eigenvalue weighted by atomic mass is 35.5. The summed E-state index contributed by atoms with van der Waals surface area (Å²) in [6.45, 7) is 2.47. The molecule has 7 heteroatoms. The Kier molecular flexibility index (Phi) is 6.84. The van der Waals surface area contributed by atoms with Crippen molar-refractivity contribution in [2.45, 2.75) is 24.5 Å². The van der Waals surface area contributed by atoms with Crippen LogP contribution in [0.25, 0.3) is 0 Å². The van der Waals surface area contributed by atoms with Gasteiger partial charge >= 0.3 is 5.97 Å². The van der Waals surface area contributed by atoms with Crippen molar-refractivity contribution in [2.24, 2.45) is 5.92 Å². The highest BCUT2D eigenvalue weighted by Crippen LogP contribution is 2.37. The molecule has 3 aliphatic rings. The summed E-state index contributed by atoms with van der Waals surface area (Å²) in [6.07, 6.45) is 1.29. The molecule has 6 rings (SSSR count). The minimum Gasteiger partial charge on any atom is -0.834 e. The second-order valence-electron chi connectivity index (χ2n) is 9.85. The van der Waals surface area contributed by atoms with Gasteiger partial charge in [-0.15, -0.1) is 0 Å². The Morgan fingerprint density at radius 2 is 1.47 bits per heavy atom. The minimum absolute atomic E-state index is 0.125. The number of ether oxygens (including phenoxy) is 1. The number of benzene rings is 3. The molecule has 3 heterocycles. The average Bonchev–Trinajstić information content (AvgIpc) is 2.91. The van der Waals surface area contributed by atoms with Gasteiger partial charge in [-0.25, -0.2) is 0 Å². The first kappa shape index (κ1) is 24.5. The molecule has 3 aliphatic heterocycles. The first-order chi connectivity index (χ1) is 17.4. The van der Waals surface area contributed by atoms with Gasteiger partial charge in [0.05, 0.1) is 23.8 Å². The van der Waals surface area contributed by atoms with Crippen molar-refractivity contribution >= 4 is 29.2 Å². The number of hydrogen-bond acceptors (Lipinski definition) is 4. The summed E-state index contributed by atoms with van der Waals surface area (Å²) >= 11 is 6.20. The molecule has 0 spiro atoms. The second-order valence-corrected chi connectivity index (χ2v) is 10.3. The summed E-state index contributed by atoms with van der Waals surface area (Å²) in [5, 5.41) is 17.6. The normalized spacial score (nSPS) is 23.2. The molecule has 0 aromatic heterocycles. The van der Waals surface area contributed by atoms with E-state index < -0.39 is 17.7 Å². The number of para-hydroxylation sites is 1. The van der Waals surface area contributed by atoms with Crippen molar-refractivity contribution in [3.8, 4) is 0 Å². The number of anilines is 1. The molecule has 6 nitrogen and oxygen atoms in total. The van der Waals surface area contributed by atoms with E-state index in [-0.39, 0.29) is 18.4 Å². The average molecular weight is 505 g/mol. The van der Waals surface area contributed by atoms with Crippen molar-refractivity contribution in [3.05, 3.63) is 101 Å². The van der Waals surface area contributed by atoms with E-state index in [0.29, 0.717) is 32.9 Å². The van der Waals surface area contributed by atoms with Crippen LogP contribution in [0, 0.1) is 5.92 Å². The lowest BCUT2D eigenvalue weighted by Gasteiger charge is -2.52. The van der Waals surface area contributed by atoms with Gasteiger partial charge in [-0.3, -0.25) is 9.59 Å². The summed E-state index contributed by atoms with van der Waals surface area (Å²) in [5.74, 6) is -0.728. The zero-order chi connectivity index (χ0) is 25.2.